The molecule has 4 rings (SSSR count). The Balaban J connectivity index is 1.28. The molecular weight excluding hydrogens is 402 g/mol. The number of benzene rings is 1. The molecule has 30 heavy (non-hydrogen) atoms. The first-order valence-corrected chi connectivity index (χ1v) is 11.4. The summed E-state index contributed by atoms with van der Waals surface area (Å²) < 4.78 is 10.7. The lowest BCUT2D eigenvalue weighted by Crippen LogP contribution is -2.38. The van der Waals surface area contributed by atoms with Gasteiger partial charge in [-0.15, -0.1) is 11.8 Å². The van der Waals surface area contributed by atoms with E-state index in [2.05, 4.69) is 10.2 Å². The molecule has 2 fully saturated rings. The monoisotopic (exact) mass is 429 g/mol. The van der Waals surface area contributed by atoms with E-state index < -0.39 is 0 Å². The molecule has 1 N–H and O–H groups in total. The second-order valence-corrected chi connectivity index (χ2v) is 8.52. The van der Waals surface area contributed by atoms with Gasteiger partial charge in [0.15, 0.2) is 0 Å². The quantitative estimate of drug-likeness (QED) is 0.650. The predicted molar refractivity (Wildman–Crippen MR) is 115 cm³/mol. The van der Waals surface area contributed by atoms with Crippen molar-refractivity contribution in [2.45, 2.75) is 18.3 Å². The largest absolute Gasteiger partial charge is 0.467 e. The second-order valence-electron chi connectivity index (χ2n) is 7.45. The van der Waals surface area contributed by atoms with Gasteiger partial charge >= 0.3 is 0 Å². The van der Waals surface area contributed by atoms with Gasteiger partial charge in [0.1, 0.15) is 11.1 Å². The van der Waals surface area contributed by atoms with E-state index in [0.717, 1.165) is 50.6 Å². The Bertz CT molecular complexity index is 835. The zero-order chi connectivity index (χ0) is 20.8. The van der Waals surface area contributed by atoms with Gasteiger partial charge in [-0.3, -0.25) is 14.5 Å². The van der Waals surface area contributed by atoms with E-state index >= 15 is 0 Å². The number of nitrogens with zero attached hydrogens (tertiary/aromatic N) is 2. The van der Waals surface area contributed by atoms with E-state index in [9.17, 15) is 9.59 Å². The van der Waals surface area contributed by atoms with Gasteiger partial charge in [-0.25, -0.2) is 0 Å². The number of rotatable bonds is 8. The molecule has 7 nitrogen and oxygen atoms in total. The second kappa shape index (κ2) is 10.1. The maximum Gasteiger partial charge on any atom is 0.251 e. The number of morpholine rings is 1. The van der Waals surface area contributed by atoms with Gasteiger partial charge in [0.05, 0.1) is 31.8 Å². The highest BCUT2D eigenvalue weighted by Crippen LogP contribution is 2.39. The Kier molecular flexibility index (Phi) is 7.09. The number of hydrogen-bond acceptors (Lipinski definition) is 6. The number of thioether (sulfide) groups is 1. The lowest BCUT2D eigenvalue weighted by atomic mass is 10.1. The molecule has 2 amide bonds. The third-order valence-corrected chi connectivity index (χ3v) is 6.63. The molecule has 0 spiro atoms. The van der Waals surface area contributed by atoms with Gasteiger partial charge in [-0.05, 0) is 42.8 Å². The molecule has 1 atom stereocenters. The Morgan fingerprint density at radius 3 is 2.70 bits per heavy atom. The Morgan fingerprint density at radius 2 is 1.97 bits per heavy atom. The van der Waals surface area contributed by atoms with Crippen LogP contribution in [0.3, 0.4) is 0 Å². The maximum absolute atomic E-state index is 12.4. The van der Waals surface area contributed by atoms with Crippen LogP contribution in [-0.2, 0) is 16.1 Å². The molecule has 0 saturated carbocycles. The van der Waals surface area contributed by atoms with Crippen molar-refractivity contribution in [1.29, 1.82) is 0 Å². The molecule has 160 valence electrons. The van der Waals surface area contributed by atoms with E-state index in [1.54, 1.807) is 18.0 Å². The number of furan rings is 1. The molecule has 2 aliphatic heterocycles. The summed E-state index contributed by atoms with van der Waals surface area (Å²) in [4.78, 5) is 28.9. The van der Waals surface area contributed by atoms with Gasteiger partial charge in [0, 0.05) is 25.2 Å². The first-order chi connectivity index (χ1) is 14.7. The van der Waals surface area contributed by atoms with Crippen molar-refractivity contribution < 1.29 is 18.7 Å². The van der Waals surface area contributed by atoms with Crippen LogP contribution in [0, 0.1) is 0 Å². The van der Waals surface area contributed by atoms with E-state index in [0.29, 0.717) is 24.4 Å². The fraction of sp³-hybridized carbons (Fsp3) is 0.455. The summed E-state index contributed by atoms with van der Waals surface area (Å²) in [6.07, 6.45) is 2.54. The lowest BCUT2D eigenvalue weighted by Gasteiger charge is -2.26. The van der Waals surface area contributed by atoms with Crippen molar-refractivity contribution >= 4 is 23.6 Å². The summed E-state index contributed by atoms with van der Waals surface area (Å²) in [5.41, 5.74) is 1.65. The molecule has 0 aliphatic carbocycles. The van der Waals surface area contributed by atoms with Crippen LogP contribution in [0.1, 0.15) is 33.5 Å². The van der Waals surface area contributed by atoms with Crippen LogP contribution >= 0.6 is 11.8 Å². The van der Waals surface area contributed by atoms with Crippen LogP contribution in [-0.4, -0.2) is 66.8 Å². The van der Waals surface area contributed by atoms with E-state index in [4.69, 9.17) is 9.15 Å². The number of carbonyl (C=O) groups excluding carboxylic acids is 2. The molecule has 8 heteroatoms. The van der Waals surface area contributed by atoms with Crippen LogP contribution in [0.2, 0.25) is 0 Å². The summed E-state index contributed by atoms with van der Waals surface area (Å²) in [7, 11) is 0. The summed E-state index contributed by atoms with van der Waals surface area (Å²) in [6, 6.07) is 11.2. The number of carbonyl (C=O) groups is 2. The van der Waals surface area contributed by atoms with Crippen molar-refractivity contribution in [2.24, 2.45) is 0 Å². The minimum absolute atomic E-state index is 0.0618. The van der Waals surface area contributed by atoms with Crippen LogP contribution in [0.4, 0.5) is 0 Å². The molecule has 0 radical (unpaired) electrons. The first kappa shape index (κ1) is 21.0. The summed E-state index contributed by atoms with van der Waals surface area (Å²) in [6.45, 7) is 5.60. The van der Waals surface area contributed by atoms with Gasteiger partial charge < -0.3 is 19.4 Å². The highest BCUT2D eigenvalue weighted by molar-refractivity contribution is 8.00. The Labute approximate surface area is 180 Å². The average Bonchev–Trinajstić information content (AvgIpc) is 3.42. The van der Waals surface area contributed by atoms with Crippen molar-refractivity contribution in [3.8, 4) is 0 Å². The molecule has 2 saturated heterocycles. The van der Waals surface area contributed by atoms with Crippen molar-refractivity contribution in [1.82, 2.24) is 15.1 Å². The van der Waals surface area contributed by atoms with E-state index in [-0.39, 0.29) is 17.2 Å². The van der Waals surface area contributed by atoms with Crippen LogP contribution in [0.5, 0.6) is 0 Å². The van der Waals surface area contributed by atoms with Gasteiger partial charge in [-0.2, -0.15) is 0 Å². The fourth-order valence-electron chi connectivity index (χ4n) is 3.70. The van der Waals surface area contributed by atoms with Crippen LogP contribution < -0.4 is 5.32 Å². The third-order valence-electron chi connectivity index (χ3n) is 5.37. The van der Waals surface area contributed by atoms with Crippen molar-refractivity contribution in [2.75, 3.05) is 45.1 Å². The number of amides is 2. The third kappa shape index (κ3) is 5.24. The highest BCUT2D eigenvalue weighted by atomic mass is 32.2. The van der Waals surface area contributed by atoms with Gasteiger partial charge in [0.2, 0.25) is 5.91 Å². The Hall–Kier alpha value is -2.29. The summed E-state index contributed by atoms with van der Waals surface area (Å²) in [5, 5.41) is 2.93. The van der Waals surface area contributed by atoms with E-state index in [1.165, 1.54) is 0 Å². The molecule has 3 heterocycles. The topological polar surface area (TPSA) is 75.0 Å². The van der Waals surface area contributed by atoms with Crippen molar-refractivity contribution in [3.63, 3.8) is 0 Å². The standard InChI is InChI=1S/C22H27N3O4S/c26-20-16-30-22(25(20)15-19-3-1-12-29-19)18-6-4-17(5-7-18)21(27)23-8-2-9-24-10-13-28-14-11-24/h1,3-7,12,22H,2,8-11,13-16H2,(H,23,27). The molecule has 1 unspecified atom stereocenters. The SMILES string of the molecule is O=C(NCCCN1CCOCC1)c1ccc(C2SCC(=O)N2Cc2ccco2)cc1. The van der Waals surface area contributed by atoms with Gasteiger partial charge in [-0.1, -0.05) is 12.1 Å². The number of hydrogen-bond donors (Lipinski definition) is 1. The zero-order valence-electron chi connectivity index (χ0n) is 16.9. The minimum Gasteiger partial charge on any atom is -0.467 e. The molecule has 2 aromatic rings. The zero-order valence-corrected chi connectivity index (χ0v) is 17.7. The van der Waals surface area contributed by atoms with E-state index in [1.807, 2.05) is 41.3 Å². The molecule has 1 aromatic heterocycles. The molecule has 0 bridgehead atoms. The molecular formula is C22H27N3O4S. The fourth-order valence-corrected chi connectivity index (χ4v) is 4.89. The predicted octanol–water partition coefficient (Wildman–Crippen LogP) is 2.51. The molecule has 1 aromatic carbocycles. The number of ether oxygens (including phenoxy) is 1. The average molecular weight is 430 g/mol. The molecule has 2 aliphatic rings. The number of nitrogens with one attached hydrogen (secondary N) is 1. The summed E-state index contributed by atoms with van der Waals surface area (Å²) in [5.74, 6) is 1.26. The minimum atomic E-state index is -0.0638. The lowest BCUT2D eigenvalue weighted by molar-refractivity contribution is -0.128. The van der Waals surface area contributed by atoms with Crippen molar-refractivity contribution in [3.05, 3.63) is 59.5 Å². The van der Waals surface area contributed by atoms with Crippen LogP contribution in [0.25, 0.3) is 0 Å². The highest BCUT2D eigenvalue weighted by Gasteiger charge is 2.33. The Morgan fingerprint density at radius 1 is 1.17 bits per heavy atom. The first-order valence-electron chi connectivity index (χ1n) is 10.3. The normalized spacial score (nSPS) is 19.9. The summed E-state index contributed by atoms with van der Waals surface area (Å²) >= 11 is 1.60. The van der Waals surface area contributed by atoms with Gasteiger partial charge in [0.25, 0.3) is 5.91 Å². The maximum atomic E-state index is 12.4. The van der Waals surface area contributed by atoms with Crippen LogP contribution in [0.15, 0.2) is 47.1 Å². The smallest absolute Gasteiger partial charge is 0.251 e.